The number of aromatic carboxylic acids is 1. The number of pyridine rings is 1. The van der Waals surface area contributed by atoms with Crippen LogP contribution in [0.1, 0.15) is 16.2 Å². The topological polar surface area (TPSA) is 80.6 Å². The first-order valence-electron chi connectivity index (χ1n) is 4.17. The van der Waals surface area contributed by atoms with Gasteiger partial charge in [-0.05, 0) is 28.9 Å². The maximum absolute atomic E-state index is 11.0. The summed E-state index contributed by atoms with van der Waals surface area (Å²) in [6.07, 6.45) is 1.55. The van der Waals surface area contributed by atoms with E-state index in [0.29, 0.717) is 21.5 Å². The molecule has 0 bridgehead atoms. The van der Waals surface area contributed by atoms with Gasteiger partial charge in [-0.2, -0.15) is 0 Å². The molecule has 5 nitrogen and oxygen atoms in total. The molecule has 6 heteroatoms. The molecule has 0 unspecified atom stereocenters. The Balaban J connectivity index is 2.93. The average molecular weight is 270 g/mol. The summed E-state index contributed by atoms with van der Waals surface area (Å²) in [6.45, 7) is 1.65. The van der Waals surface area contributed by atoms with Crippen molar-refractivity contribution in [3.8, 4) is 0 Å². The van der Waals surface area contributed by atoms with Gasteiger partial charge in [-0.15, -0.1) is 0 Å². The van der Waals surface area contributed by atoms with Crippen molar-refractivity contribution in [3.05, 3.63) is 28.1 Å². The van der Waals surface area contributed by atoms with E-state index in [0.717, 1.165) is 0 Å². The van der Waals surface area contributed by atoms with E-state index in [4.69, 9.17) is 10.8 Å². The first kappa shape index (κ1) is 9.97. The van der Waals surface area contributed by atoms with E-state index in [2.05, 4.69) is 20.9 Å². The van der Waals surface area contributed by atoms with Crippen LogP contribution in [0.5, 0.6) is 0 Å². The summed E-state index contributed by atoms with van der Waals surface area (Å²) in [4.78, 5) is 15.2. The van der Waals surface area contributed by atoms with Crippen molar-refractivity contribution in [1.29, 1.82) is 0 Å². The Morgan fingerprint density at radius 3 is 2.93 bits per heavy atom. The zero-order valence-corrected chi connectivity index (χ0v) is 9.45. The van der Waals surface area contributed by atoms with Crippen LogP contribution in [-0.4, -0.2) is 20.5 Å². The number of aromatic nitrogens is 2. The minimum atomic E-state index is -1.02. The van der Waals surface area contributed by atoms with Gasteiger partial charge in [-0.3, -0.25) is 4.40 Å². The summed E-state index contributed by atoms with van der Waals surface area (Å²) in [5.74, 6) is -1.02. The highest BCUT2D eigenvalue weighted by Gasteiger charge is 2.17. The first-order valence-corrected chi connectivity index (χ1v) is 4.97. The van der Waals surface area contributed by atoms with Crippen LogP contribution in [0.3, 0.4) is 0 Å². The maximum atomic E-state index is 11.0. The van der Waals surface area contributed by atoms with Crippen LogP contribution in [0, 0.1) is 6.92 Å². The van der Waals surface area contributed by atoms with Crippen molar-refractivity contribution in [3.63, 3.8) is 0 Å². The third-order valence-corrected chi connectivity index (χ3v) is 2.66. The molecule has 0 spiro atoms. The smallest absolute Gasteiger partial charge is 0.354 e. The number of nitrogen functional groups attached to an aromatic ring is 1. The van der Waals surface area contributed by atoms with Crippen molar-refractivity contribution in [2.75, 3.05) is 5.73 Å². The molecule has 2 aromatic rings. The quantitative estimate of drug-likeness (QED) is 0.826. The molecule has 0 saturated carbocycles. The normalized spacial score (nSPS) is 10.8. The lowest BCUT2D eigenvalue weighted by Crippen LogP contribution is -2.04. The molecule has 2 aromatic heterocycles. The number of fused-ring (bicyclic) bond motifs is 1. The van der Waals surface area contributed by atoms with E-state index in [-0.39, 0.29) is 5.69 Å². The molecule has 0 saturated heterocycles. The molecule has 15 heavy (non-hydrogen) atoms. The molecule has 3 N–H and O–H groups in total. The number of carbonyl (C=O) groups is 1. The fourth-order valence-electron chi connectivity index (χ4n) is 1.50. The Bertz CT molecular complexity index is 562. The van der Waals surface area contributed by atoms with Gasteiger partial charge in [0.2, 0.25) is 0 Å². The third kappa shape index (κ3) is 1.46. The number of hydrogen-bond donors (Lipinski definition) is 2. The second kappa shape index (κ2) is 3.23. The lowest BCUT2D eigenvalue weighted by molar-refractivity contribution is 0.0688. The van der Waals surface area contributed by atoms with Gasteiger partial charge in [-0.1, -0.05) is 0 Å². The molecule has 0 atom stereocenters. The van der Waals surface area contributed by atoms with Crippen molar-refractivity contribution < 1.29 is 9.90 Å². The summed E-state index contributed by atoms with van der Waals surface area (Å²) in [7, 11) is 0. The zero-order valence-electron chi connectivity index (χ0n) is 7.86. The van der Waals surface area contributed by atoms with E-state index >= 15 is 0 Å². The van der Waals surface area contributed by atoms with Gasteiger partial charge in [0.15, 0.2) is 11.3 Å². The minimum Gasteiger partial charge on any atom is -0.477 e. The maximum Gasteiger partial charge on any atom is 0.354 e. The van der Waals surface area contributed by atoms with E-state index in [1.165, 1.54) is 4.40 Å². The van der Waals surface area contributed by atoms with Crippen LogP contribution >= 0.6 is 15.9 Å². The van der Waals surface area contributed by atoms with Gasteiger partial charge in [0.25, 0.3) is 0 Å². The average Bonchev–Trinajstić information content (AvgIpc) is 2.41. The van der Waals surface area contributed by atoms with Crippen molar-refractivity contribution in [2.24, 2.45) is 0 Å². The number of nitrogens with zero attached hydrogens (tertiary/aromatic N) is 2. The van der Waals surface area contributed by atoms with Crippen LogP contribution in [0.25, 0.3) is 5.65 Å². The van der Waals surface area contributed by atoms with Crippen LogP contribution in [0.2, 0.25) is 0 Å². The van der Waals surface area contributed by atoms with Crippen molar-refractivity contribution in [2.45, 2.75) is 6.92 Å². The van der Waals surface area contributed by atoms with Crippen LogP contribution in [-0.2, 0) is 0 Å². The molecule has 0 aliphatic carbocycles. The summed E-state index contributed by atoms with van der Waals surface area (Å²) >= 11 is 3.29. The van der Waals surface area contributed by atoms with Gasteiger partial charge in [0.05, 0.1) is 10.2 Å². The van der Waals surface area contributed by atoms with Crippen LogP contribution in [0.15, 0.2) is 16.7 Å². The Hall–Kier alpha value is -1.56. The highest BCUT2D eigenvalue weighted by molar-refractivity contribution is 9.10. The lowest BCUT2D eigenvalue weighted by atomic mass is 10.3. The lowest BCUT2D eigenvalue weighted by Gasteiger charge is -2.00. The fourth-order valence-corrected chi connectivity index (χ4v) is 2.04. The number of halogens is 1. The molecule has 78 valence electrons. The van der Waals surface area contributed by atoms with Gasteiger partial charge in [0, 0.05) is 11.9 Å². The molecule has 0 aliphatic rings. The number of carboxylic acids is 1. The molecule has 0 radical (unpaired) electrons. The Morgan fingerprint density at radius 1 is 1.67 bits per heavy atom. The summed E-state index contributed by atoms with van der Waals surface area (Å²) in [5, 5.41) is 9.02. The van der Waals surface area contributed by atoms with E-state index in [1.54, 1.807) is 19.2 Å². The van der Waals surface area contributed by atoms with E-state index in [9.17, 15) is 4.79 Å². The van der Waals surface area contributed by atoms with Gasteiger partial charge in [0.1, 0.15) is 0 Å². The monoisotopic (exact) mass is 269 g/mol. The van der Waals surface area contributed by atoms with E-state index in [1.807, 2.05) is 0 Å². The van der Waals surface area contributed by atoms with Gasteiger partial charge < -0.3 is 10.8 Å². The zero-order chi connectivity index (χ0) is 11.2. The van der Waals surface area contributed by atoms with Crippen LogP contribution < -0.4 is 5.73 Å². The number of rotatable bonds is 1. The number of nitrogens with two attached hydrogens (primary N) is 1. The second-order valence-electron chi connectivity index (χ2n) is 3.17. The standard InChI is InChI=1S/C9H8BrN3O2/c1-4-7(9(14)15)13-3-5(11)2-6(10)8(13)12-4/h2-3H,11H2,1H3,(H,14,15). The fraction of sp³-hybridized carbons (Fsp3) is 0.111. The molecule has 0 amide bonds. The first-order chi connectivity index (χ1) is 7.00. The minimum absolute atomic E-state index is 0.137. The third-order valence-electron chi connectivity index (χ3n) is 2.07. The van der Waals surface area contributed by atoms with E-state index < -0.39 is 5.97 Å². The number of carboxylic acid groups (broad SMARTS) is 1. The molecule has 2 heterocycles. The molecule has 2 rings (SSSR count). The summed E-state index contributed by atoms with van der Waals surface area (Å²) < 4.78 is 2.15. The molecule has 0 aliphatic heterocycles. The number of hydrogen-bond acceptors (Lipinski definition) is 3. The largest absolute Gasteiger partial charge is 0.477 e. The molecular weight excluding hydrogens is 262 g/mol. The molecule has 0 aromatic carbocycles. The SMILES string of the molecule is Cc1nc2c(Br)cc(N)cn2c1C(=O)O. The second-order valence-corrected chi connectivity index (χ2v) is 4.02. The highest BCUT2D eigenvalue weighted by Crippen LogP contribution is 2.23. The van der Waals surface area contributed by atoms with Crippen molar-refractivity contribution in [1.82, 2.24) is 9.38 Å². The predicted molar refractivity (Wildman–Crippen MR) is 59.0 cm³/mol. The molecule has 0 fully saturated rings. The van der Waals surface area contributed by atoms with Crippen LogP contribution in [0.4, 0.5) is 5.69 Å². The number of imidazole rings is 1. The Morgan fingerprint density at radius 2 is 2.33 bits per heavy atom. The number of aryl methyl sites for hydroxylation is 1. The van der Waals surface area contributed by atoms with Crippen molar-refractivity contribution >= 4 is 33.2 Å². The number of anilines is 1. The molecular formula is C9H8BrN3O2. The predicted octanol–water partition coefficient (Wildman–Crippen LogP) is 1.69. The Labute approximate surface area is 93.7 Å². The summed E-state index contributed by atoms with van der Waals surface area (Å²) in [5.41, 5.74) is 7.27. The highest BCUT2D eigenvalue weighted by atomic mass is 79.9. The van der Waals surface area contributed by atoms with Gasteiger partial charge in [-0.25, -0.2) is 9.78 Å². The van der Waals surface area contributed by atoms with Gasteiger partial charge >= 0.3 is 5.97 Å². The summed E-state index contributed by atoms with van der Waals surface area (Å²) in [6, 6.07) is 1.69. The Kier molecular flexibility index (Phi) is 2.15.